The van der Waals surface area contributed by atoms with Crippen molar-refractivity contribution in [2.75, 3.05) is 13.6 Å². The Morgan fingerprint density at radius 1 is 1.23 bits per heavy atom. The smallest absolute Gasteiger partial charge is 0.0270 e. The van der Waals surface area contributed by atoms with Gasteiger partial charge in [-0.1, -0.05) is 41.0 Å². The van der Waals surface area contributed by atoms with E-state index in [1.165, 1.54) is 50.6 Å². The molecule has 1 aromatic rings. The third-order valence-electron chi connectivity index (χ3n) is 4.05. The summed E-state index contributed by atoms with van der Waals surface area (Å²) in [5, 5.41) is 0. The van der Waals surface area contributed by atoms with Crippen molar-refractivity contribution >= 4 is 0 Å². The molecule has 0 spiro atoms. The molecular weight excluding hydrogens is 268 g/mol. The molecule has 2 heteroatoms. The van der Waals surface area contributed by atoms with Crippen LogP contribution < -0.4 is 0 Å². The highest BCUT2D eigenvalue weighted by Crippen LogP contribution is 2.18. The lowest BCUT2D eigenvalue weighted by atomic mass is 10.0. The lowest BCUT2D eigenvalue weighted by Crippen LogP contribution is -2.24. The van der Waals surface area contributed by atoms with Gasteiger partial charge in [0.05, 0.1) is 0 Å². The van der Waals surface area contributed by atoms with Crippen LogP contribution in [0.5, 0.6) is 0 Å². The van der Waals surface area contributed by atoms with Crippen LogP contribution in [0.15, 0.2) is 24.5 Å². The monoisotopic (exact) mass is 306 g/mol. The van der Waals surface area contributed by atoms with E-state index >= 15 is 0 Å². The van der Waals surface area contributed by atoms with Gasteiger partial charge in [-0.25, -0.2) is 0 Å². The van der Waals surface area contributed by atoms with Crippen molar-refractivity contribution in [2.45, 2.75) is 79.2 Å². The SMILES string of the molecule is CC.CC(C)CCc1ccncc1.CCCC1CCCN1C. The minimum absolute atomic E-state index is 0.795. The third kappa shape index (κ3) is 9.94. The van der Waals surface area contributed by atoms with Gasteiger partial charge in [0.1, 0.15) is 0 Å². The number of hydrogen-bond donors (Lipinski definition) is 0. The molecule has 1 fully saturated rings. The van der Waals surface area contributed by atoms with E-state index in [0.717, 1.165) is 12.0 Å². The molecule has 2 rings (SSSR count). The molecule has 1 unspecified atom stereocenters. The van der Waals surface area contributed by atoms with Crippen LogP contribution in [0.3, 0.4) is 0 Å². The standard InChI is InChI=1S/C10H15N.C8H17N.C2H6/c1-9(2)3-4-10-5-7-11-8-6-10;1-3-5-8-6-4-7-9(8)2;1-2/h5-9H,3-4H2,1-2H3;8H,3-7H2,1-2H3;1-2H3. The van der Waals surface area contributed by atoms with Crippen LogP contribution in [0, 0.1) is 5.92 Å². The van der Waals surface area contributed by atoms with Crippen molar-refractivity contribution in [1.29, 1.82) is 0 Å². The van der Waals surface area contributed by atoms with Gasteiger partial charge >= 0.3 is 0 Å². The lowest BCUT2D eigenvalue weighted by Gasteiger charge is -2.17. The second-order valence-corrected chi connectivity index (χ2v) is 6.35. The molecule has 128 valence electrons. The number of aryl methyl sites for hydroxylation is 1. The molecule has 0 radical (unpaired) electrons. The molecule has 1 aliphatic rings. The van der Waals surface area contributed by atoms with Gasteiger partial charge in [0.25, 0.3) is 0 Å². The van der Waals surface area contributed by atoms with Gasteiger partial charge in [-0.05, 0) is 69.3 Å². The quantitative estimate of drug-likeness (QED) is 0.706. The first kappa shape index (κ1) is 21.1. The maximum atomic E-state index is 3.97. The molecule has 2 nitrogen and oxygen atoms in total. The molecule has 0 aliphatic carbocycles. The Bertz CT molecular complexity index is 335. The van der Waals surface area contributed by atoms with E-state index in [9.17, 15) is 0 Å². The zero-order chi connectivity index (χ0) is 16.8. The van der Waals surface area contributed by atoms with Crippen molar-refractivity contribution in [3.63, 3.8) is 0 Å². The van der Waals surface area contributed by atoms with E-state index in [1.807, 2.05) is 26.2 Å². The van der Waals surface area contributed by atoms with Crippen LogP contribution in [-0.4, -0.2) is 29.5 Å². The average Bonchev–Trinajstić information content (AvgIpc) is 2.95. The Hall–Kier alpha value is -0.890. The van der Waals surface area contributed by atoms with Gasteiger partial charge in [-0.3, -0.25) is 4.98 Å². The largest absolute Gasteiger partial charge is 0.303 e. The fourth-order valence-corrected chi connectivity index (χ4v) is 2.68. The average molecular weight is 307 g/mol. The molecule has 0 amide bonds. The Morgan fingerprint density at radius 3 is 2.32 bits per heavy atom. The summed E-state index contributed by atoms with van der Waals surface area (Å²) >= 11 is 0. The van der Waals surface area contributed by atoms with Crippen LogP contribution in [0.1, 0.15) is 72.3 Å². The van der Waals surface area contributed by atoms with Crippen molar-refractivity contribution < 1.29 is 0 Å². The molecule has 1 atom stereocenters. The third-order valence-corrected chi connectivity index (χ3v) is 4.05. The normalized spacial score (nSPS) is 17.5. The summed E-state index contributed by atoms with van der Waals surface area (Å²) in [6.07, 6.45) is 11.8. The van der Waals surface area contributed by atoms with E-state index in [2.05, 4.69) is 49.8 Å². The van der Waals surface area contributed by atoms with Crippen molar-refractivity contribution in [3.8, 4) is 0 Å². The number of nitrogens with zero attached hydrogens (tertiary/aromatic N) is 2. The van der Waals surface area contributed by atoms with Crippen LogP contribution in [-0.2, 0) is 6.42 Å². The van der Waals surface area contributed by atoms with Crippen molar-refractivity contribution in [1.82, 2.24) is 9.88 Å². The van der Waals surface area contributed by atoms with Crippen molar-refractivity contribution in [2.24, 2.45) is 5.92 Å². The first-order chi connectivity index (χ1) is 10.6. The van der Waals surface area contributed by atoms with Crippen LogP contribution in [0.4, 0.5) is 0 Å². The van der Waals surface area contributed by atoms with E-state index in [0.29, 0.717) is 0 Å². The zero-order valence-corrected chi connectivity index (χ0v) is 15.8. The van der Waals surface area contributed by atoms with E-state index in [1.54, 1.807) is 0 Å². The second-order valence-electron chi connectivity index (χ2n) is 6.35. The van der Waals surface area contributed by atoms with Crippen LogP contribution in [0.2, 0.25) is 0 Å². The maximum Gasteiger partial charge on any atom is 0.0270 e. The van der Waals surface area contributed by atoms with E-state index in [4.69, 9.17) is 0 Å². The van der Waals surface area contributed by atoms with Gasteiger partial charge in [-0.2, -0.15) is 0 Å². The van der Waals surface area contributed by atoms with Crippen LogP contribution in [0.25, 0.3) is 0 Å². The number of likely N-dealkylation sites (tertiary alicyclic amines) is 1. The Labute approximate surface area is 139 Å². The highest BCUT2D eigenvalue weighted by atomic mass is 15.1. The van der Waals surface area contributed by atoms with Gasteiger partial charge in [-0.15, -0.1) is 0 Å². The predicted molar refractivity (Wildman–Crippen MR) is 99.3 cm³/mol. The van der Waals surface area contributed by atoms with E-state index < -0.39 is 0 Å². The summed E-state index contributed by atoms with van der Waals surface area (Å²) in [5.41, 5.74) is 1.40. The topological polar surface area (TPSA) is 16.1 Å². The molecule has 1 aromatic heterocycles. The van der Waals surface area contributed by atoms with E-state index in [-0.39, 0.29) is 0 Å². The van der Waals surface area contributed by atoms with Gasteiger partial charge in [0.15, 0.2) is 0 Å². The molecule has 1 aliphatic heterocycles. The molecule has 1 saturated heterocycles. The second kappa shape index (κ2) is 13.8. The fraction of sp³-hybridized carbons (Fsp3) is 0.750. The Kier molecular flexibility index (Phi) is 13.2. The zero-order valence-electron chi connectivity index (χ0n) is 15.8. The first-order valence-electron chi connectivity index (χ1n) is 9.22. The summed E-state index contributed by atoms with van der Waals surface area (Å²) in [7, 11) is 2.24. The summed E-state index contributed by atoms with van der Waals surface area (Å²) in [6, 6.07) is 5.08. The molecule has 0 bridgehead atoms. The predicted octanol–water partition coefficient (Wildman–Crippen LogP) is 5.58. The molecule has 0 aromatic carbocycles. The Balaban J connectivity index is 0.000000366. The number of aromatic nitrogens is 1. The first-order valence-corrected chi connectivity index (χ1v) is 9.22. The number of pyridine rings is 1. The molecule has 2 heterocycles. The highest BCUT2D eigenvalue weighted by molar-refractivity contribution is 5.09. The van der Waals surface area contributed by atoms with Crippen LogP contribution >= 0.6 is 0 Å². The summed E-state index contributed by atoms with van der Waals surface area (Å²) < 4.78 is 0. The summed E-state index contributed by atoms with van der Waals surface area (Å²) in [5.74, 6) is 0.795. The van der Waals surface area contributed by atoms with Gasteiger partial charge < -0.3 is 4.90 Å². The molecule has 0 N–H and O–H groups in total. The molecule has 22 heavy (non-hydrogen) atoms. The summed E-state index contributed by atoms with van der Waals surface area (Å²) in [6.45, 7) is 12.1. The number of rotatable bonds is 5. The maximum absolute atomic E-state index is 3.97. The number of hydrogen-bond acceptors (Lipinski definition) is 2. The van der Waals surface area contributed by atoms with Gasteiger partial charge in [0.2, 0.25) is 0 Å². The Morgan fingerprint density at radius 2 is 1.86 bits per heavy atom. The fourth-order valence-electron chi connectivity index (χ4n) is 2.68. The summed E-state index contributed by atoms with van der Waals surface area (Å²) in [4.78, 5) is 6.46. The van der Waals surface area contributed by atoms with Crippen molar-refractivity contribution in [3.05, 3.63) is 30.1 Å². The minimum Gasteiger partial charge on any atom is -0.303 e. The lowest BCUT2D eigenvalue weighted by molar-refractivity contribution is 0.295. The molecule has 0 saturated carbocycles. The minimum atomic E-state index is 0.795. The molecular formula is C20H38N2. The highest BCUT2D eigenvalue weighted by Gasteiger charge is 2.18. The van der Waals surface area contributed by atoms with Gasteiger partial charge in [0, 0.05) is 18.4 Å².